The van der Waals surface area contributed by atoms with Gasteiger partial charge in [-0.05, 0) is 40.5 Å². The van der Waals surface area contributed by atoms with E-state index in [0.717, 1.165) is 34.5 Å². The van der Waals surface area contributed by atoms with E-state index in [9.17, 15) is 0 Å². The second kappa shape index (κ2) is 6.12. The van der Waals surface area contributed by atoms with Gasteiger partial charge in [0.05, 0.1) is 4.47 Å². The Balaban J connectivity index is 2.06. The molecule has 2 rings (SSSR count). The molecule has 0 aliphatic carbocycles. The lowest BCUT2D eigenvalue weighted by Gasteiger charge is -2.21. The van der Waals surface area contributed by atoms with Crippen LogP contribution >= 0.6 is 15.9 Å². The zero-order valence-electron chi connectivity index (χ0n) is 10.3. The third kappa shape index (κ3) is 3.18. The van der Waals surface area contributed by atoms with Crippen LogP contribution in [0.5, 0.6) is 11.5 Å². The van der Waals surface area contributed by atoms with E-state index in [2.05, 4.69) is 34.1 Å². The van der Waals surface area contributed by atoms with Gasteiger partial charge in [0.1, 0.15) is 13.2 Å². The van der Waals surface area contributed by atoms with E-state index >= 15 is 0 Å². The SMILES string of the molecule is C#CCC(C)NCc1cc(Br)c2c(c1)OCCO2. The molecule has 0 bridgehead atoms. The minimum absolute atomic E-state index is 0.307. The molecule has 1 aliphatic rings. The molecule has 0 amide bonds. The summed E-state index contributed by atoms with van der Waals surface area (Å²) >= 11 is 3.51. The van der Waals surface area contributed by atoms with Crippen molar-refractivity contribution in [2.24, 2.45) is 0 Å². The summed E-state index contributed by atoms with van der Waals surface area (Å²) in [6.07, 6.45) is 6.01. The molecule has 0 saturated heterocycles. The molecular weight excluding hydrogens is 294 g/mol. The van der Waals surface area contributed by atoms with Crippen LogP contribution in [-0.2, 0) is 6.54 Å². The standard InChI is InChI=1S/C14H16BrNO2/c1-3-4-10(2)16-9-11-7-12(15)14-13(8-11)17-5-6-18-14/h1,7-8,10,16H,4-6,9H2,2H3. The zero-order chi connectivity index (χ0) is 13.0. The van der Waals surface area contributed by atoms with Crippen LogP contribution in [0.2, 0.25) is 0 Å². The Morgan fingerprint density at radius 3 is 3.00 bits per heavy atom. The molecule has 96 valence electrons. The Morgan fingerprint density at radius 1 is 1.44 bits per heavy atom. The third-order valence-corrected chi connectivity index (χ3v) is 3.32. The van der Waals surface area contributed by atoms with Crippen LogP contribution in [0.25, 0.3) is 0 Å². The van der Waals surface area contributed by atoms with Gasteiger partial charge < -0.3 is 14.8 Å². The largest absolute Gasteiger partial charge is 0.486 e. The molecule has 0 spiro atoms. The van der Waals surface area contributed by atoms with E-state index in [4.69, 9.17) is 15.9 Å². The first kappa shape index (κ1) is 13.3. The summed E-state index contributed by atoms with van der Waals surface area (Å²) in [5, 5.41) is 3.37. The van der Waals surface area contributed by atoms with E-state index < -0.39 is 0 Å². The number of hydrogen-bond acceptors (Lipinski definition) is 3. The first-order valence-electron chi connectivity index (χ1n) is 5.95. The number of terminal acetylenes is 1. The van der Waals surface area contributed by atoms with Gasteiger partial charge in [0.15, 0.2) is 11.5 Å². The maximum absolute atomic E-state index is 5.58. The average Bonchev–Trinajstić information content (AvgIpc) is 2.37. The summed E-state index contributed by atoms with van der Waals surface area (Å²) in [6.45, 7) is 4.04. The molecule has 0 saturated carbocycles. The number of fused-ring (bicyclic) bond motifs is 1. The quantitative estimate of drug-likeness (QED) is 0.868. The highest BCUT2D eigenvalue weighted by atomic mass is 79.9. The van der Waals surface area contributed by atoms with Crippen molar-refractivity contribution >= 4 is 15.9 Å². The van der Waals surface area contributed by atoms with Gasteiger partial charge in [-0.1, -0.05) is 0 Å². The Labute approximate surface area is 116 Å². The van der Waals surface area contributed by atoms with Gasteiger partial charge >= 0.3 is 0 Å². The molecule has 1 aliphatic heterocycles. The van der Waals surface area contributed by atoms with E-state index in [-0.39, 0.29) is 0 Å². The van der Waals surface area contributed by atoms with Crippen LogP contribution in [-0.4, -0.2) is 19.3 Å². The topological polar surface area (TPSA) is 30.5 Å². The van der Waals surface area contributed by atoms with Crippen LogP contribution < -0.4 is 14.8 Å². The summed E-state index contributed by atoms with van der Waals surface area (Å²) in [5.41, 5.74) is 1.15. The minimum atomic E-state index is 0.307. The fourth-order valence-electron chi connectivity index (χ4n) is 1.81. The first-order chi connectivity index (χ1) is 8.70. The molecule has 1 heterocycles. The van der Waals surface area contributed by atoms with E-state index in [1.54, 1.807) is 0 Å². The Bertz CT molecular complexity index is 468. The van der Waals surface area contributed by atoms with Crippen molar-refractivity contribution in [2.45, 2.75) is 25.9 Å². The van der Waals surface area contributed by atoms with Gasteiger partial charge in [0, 0.05) is 19.0 Å². The lowest BCUT2D eigenvalue weighted by atomic mass is 10.1. The van der Waals surface area contributed by atoms with Crippen molar-refractivity contribution < 1.29 is 9.47 Å². The van der Waals surface area contributed by atoms with Crippen LogP contribution in [0.4, 0.5) is 0 Å². The second-order valence-electron chi connectivity index (χ2n) is 4.29. The molecule has 0 radical (unpaired) electrons. The van der Waals surface area contributed by atoms with E-state index in [0.29, 0.717) is 19.3 Å². The number of nitrogens with one attached hydrogen (secondary N) is 1. The van der Waals surface area contributed by atoms with Crippen LogP contribution in [0.15, 0.2) is 16.6 Å². The van der Waals surface area contributed by atoms with Crippen molar-refractivity contribution in [2.75, 3.05) is 13.2 Å². The average molecular weight is 310 g/mol. The maximum atomic E-state index is 5.58. The predicted molar refractivity (Wildman–Crippen MR) is 74.9 cm³/mol. The molecule has 4 heteroatoms. The van der Waals surface area contributed by atoms with Gasteiger partial charge in [0.2, 0.25) is 0 Å². The smallest absolute Gasteiger partial charge is 0.175 e. The van der Waals surface area contributed by atoms with Crippen molar-refractivity contribution in [3.8, 4) is 23.8 Å². The van der Waals surface area contributed by atoms with E-state index in [1.807, 2.05) is 12.1 Å². The number of hydrogen-bond donors (Lipinski definition) is 1. The monoisotopic (exact) mass is 309 g/mol. The van der Waals surface area contributed by atoms with Gasteiger partial charge in [-0.3, -0.25) is 0 Å². The molecule has 1 N–H and O–H groups in total. The fourth-order valence-corrected chi connectivity index (χ4v) is 2.41. The molecule has 0 aromatic heterocycles. The van der Waals surface area contributed by atoms with Gasteiger partial charge in [0.25, 0.3) is 0 Å². The Kier molecular flexibility index (Phi) is 4.51. The third-order valence-electron chi connectivity index (χ3n) is 2.74. The number of rotatable bonds is 4. The van der Waals surface area contributed by atoms with Crippen LogP contribution in [0.1, 0.15) is 18.9 Å². The van der Waals surface area contributed by atoms with Crippen LogP contribution in [0, 0.1) is 12.3 Å². The number of halogens is 1. The Hall–Kier alpha value is -1.18. The molecule has 1 aromatic rings. The van der Waals surface area contributed by atoms with Crippen molar-refractivity contribution in [1.29, 1.82) is 0 Å². The highest BCUT2D eigenvalue weighted by molar-refractivity contribution is 9.10. The molecular formula is C14H16BrNO2. The summed E-state index contributed by atoms with van der Waals surface area (Å²) in [5.74, 6) is 4.24. The normalized spacial score (nSPS) is 14.9. The molecule has 1 unspecified atom stereocenters. The predicted octanol–water partition coefficient (Wildman–Crippen LogP) is 2.72. The minimum Gasteiger partial charge on any atom is -0.486 e. The lowest BCUT2D eigenvalue weighted by Crippen LogP contribution is -2.25. The molecule has 18 heavy (non-hydrogen) atoms. The van der Waals surface area contributed by atoms with Crippen molar-refractivity contribution in [3.05, 3.63) is 22.2 Å². The number of ether oxygens (including phenoxy) is 2. The summed E-state index contributed by atoms with van der Waals surface area (Å²) < 4.78 is 12.1. The fraction of sp³-hybridized carbons (Fsp3) is 0.429. The molecule has 3 nitrogen and oxygen atoms in total. The highest BCUT2D eigenvalue weighted by Crippen LogP contribution is 2.38. The summed E-state index contributed by atoms with van der Waals surface area (Å²) in [6, 6.07) is 4.36. The lowest BCUT2D eigenvalue weighted by molar-refractivity contribution is 0.170. The maximum Gasteiger partial charge on any atom is 0.175 e. The zero-order valence-corrected chi connectivity index (χ0v) is 11.9. The summed E-state index contributed by atoms with van der Waals surface area (Å²) in [7, 11) is 0. The van der Waals surface area contributed by atoms with Crippen molar-refractivity contribution in [1.82, 2.24) is 5.32 Å². The van der Waals surface area contributed by atoms with Gasteiger partial charge in [-0.15, -0.1) is 12.3 Å². The first-order valence-corrected chi connectivity index (χ1v) is 6.75. The van der Waals surface area contributed by atoms with Crippen molar-refractivity contribution in [3.63, 3.8) is 0 Å². The Morgan fingerprint density at radius 2 is 2.22 bits per heavy atom. The van der Waals surface area contributed by atoms with E-state index in [1.165, 1.54) is 0 Å². The molecule has 1 atom stereocenters. The molecule has 1 aromatic carbocycles. The van der Waals surface area contributed by atoms with Gasteiger partial charge in [-0.2, -0.15) is 0 Å². The second-order valence-corrected chi connectivity index (χ2v) is 5.15. The number of benzene rings is 1. The summed E-state index contributed by atoms with van der Waals surface area (Å²) in [4.78, 5) is 0. The van der Waals surface area contributed by atoms with Crippen LogP contribution in [0.3, 0.4) is 0 Å². The van der Waals surface area contributed by atoms with Gasteiger partial charge in [-0.25, -0.2) is 0 Å². The molecule has 0 fully saturated rings. The highest BCUT2D eigenvalue weighted by Gasteiger charge is 2.16.